The number of hydroxylamine groups is 1. The fourth-order valence-corrected chi connectivity index (χ4v) is 3.65. The normalized spacial score (nSPS) is 11.0. The summed E-state index contributed by atoms with van der Waals surface area (Å²) in [5, 5.41) is 10.3. The Labute approximate surface area is 178 Å². The second kappa shape index (κ2) is 9.65. The van der Waals surface area contributed by atoms with Gasteiger partial charge in [0.1, 0.15) is 11.5 Å². The molecule has 2 aromatic carbocycles. The van der Waals surface area contributed by atoms with Crippen LogP contribution < -0.4 is 9.80 Å². The molecule has 160 valence electrons. The first-order chi connectivity index (χ1) is 14.4. The van der Waals surface area contributed by atoms with E-state index in [1.807, 2.05) is 45.0 Å². The number of nitrogens with zero attached hydrogens (tertiary/aromatic N) is 2. The first kappa shape index (κ1) is 21.7. The first-order valence-electron chi connectivity index (χ1n) is 10.6. The lowest BCUT2D eigenvalue weighted by Crippen LogP contribution is -2.25. The van der Waals surface area contributed by atoms with Crippen LogP contribution in [0.15, 0.2) is 30.3 Å². The molecule has 6 heteroatoms. The van der Waals surface area contributed by atoms with Gasteiger partial charge in [-0.25, -0.2) is 5.06 Å². The van der Waals surface area contributed by atoms with E-state index in [9.17, 15) is 4.79 Å². The zero-order chi connectivity index (χ0) is 21.7. The van der Waals surface area contributed by atoms with E-state index >= 15 is 0 Å². The molecule has 0 radical (unpaired) electrons. The fourth-order valence-electron chi connectivity index (χ4n) is 3.65. The van der Waals surface area contributed by atoms with Crippen molar-refractivity contribution in [2.75, 3.05) is 11.6 Å². The SMILES string of the molecule is CCCCCc1[nH]nc2ccc(Oc3c(C)cc(N(CC)OC(C)=O)cc3C)cc12. The van der Waals surface area contributed by atoms with Gasteiger partial charge in [0, 0.05) is 18.0 Å². The van der Waals surface area contributed by atoms with E-state index in [4.69, 9.17) is 9.57 Å². The number of fused-ring (bicyclic) bond motifs is 1. The van der Waals surface area contributed by atoms with Gasteiger partial charge in [-0.2, -0.15) is 5.10 Å². The maximum Gasteiger partial charge on any atom is 0.329 e. The van der Waals surface area contributed by atoms with Gasteiger partial charge in [0.05, 0.1) is 17.7 Å². The van der Waals surface area contributed by atoms with E-state index in [1.165, 1.54) is 19.8 Å². The molecule has 0 saturated carbocycles. The molecular weight excluding hydrogens is 378 g/mol. The van der Waals surface area contributed by atoms with Crippen LogP contribution in [0.5, 0.6) is 11.5 Å². The molecule has 0 atom stereocenters. The van der Waals surface area contributed by atoms with E-state index in [0.29, 0.717) is 6.54 Å². The van der Waals surface area contributed by atoms with Crippen molar-refractivity contribution < 1.29 is 14.4 Å². The van der Waals surface area contributed by atoms with Gasteiger partial charge in [0.2, 0.25) is 0 Å². The fraction of sp³-hybridized carbons (Fsp3) is 0.417. The Bertz CT molecular complexity index is 1000. The molecule has 0 aliphatic rings. The molecule has 0 spiro atoms. The number of anilines is 1. The third-order valence-electron chi connectivity index (χ3n) is 5.11. The molecule has 0 aliphatic heterocycles. The Morgan fingerprint density at radius 1 is 1.10 bits per heavy atom. The van der Waals surface area contributed by atoms with E-state index in [0.717, 1.165) is 57.8 Å². The molecule has 1 N–H and O–H groups in total. The number of hydrogen-bond acceptors (Lipinski definition) is 5. The average Bonchev–Trinajstić information content (AvgIpc) is 3.11. The number of benzene rings is 2. The van der Waals surface area contributed by atoms with Crippen LogP contribution in [0.1, 0.15) is 56.9 Å². The number of aromatic amines is 1. The lowest BCUT2D eigenvalue weighted by molar-refractivity contribution is -0.142. The third kappa shape index (κ3) is 4.93. The van der Waals surface area contributed by atoms with Gasteiger partial charge in [-0.15, -0.1) is 0 Å². The molecule has 0 bridgehead atoms. The van der Waals surface area contributed by atoms with E-state index < -0.39 is 0 Å². The molecular formula is C24H31N3O3. The number of aryl methyl sites for hydroxylation is 3. The second-order valence-corrected chi connectivity index (χ2v) is 7.63. The number of H-pyrrole nitrogens is 1. The van der Waals surface area contributed by atoms with Crippen molar-refractivity contribution in [2.45, 2.75) is 60.3 Å². The number of aromatic nitrogens is 2. The highest BCUT2D eigenvalue weighted by Gasteiger charge is 2.14. The Balaban J connectivity index is 1.85. The van der Waals surface area contributed by atoms with Gasteiger partial charge < -0.3 is 9.57 Å². The van der Waals surface area contributed by atoms with Crippen molar-refractivity contribution in [3.63, 3.8) is 0 Å². The molecule has 0 aliphatic carbocycles. The summed E-state index contributed by atoms with van der Waals surface area (Å²) in [5.41, 5.74) is 4.90. The van der Waals surface area contributed by atoms with Crippen molar-refractivity contribution in [3.05, 3.63) is 47.2 Å². The Morgan fingerprint density at radius 3 is 2.47 bits per heavy atom. The van der Waals surface area contributed by atoms with Crippen LogP contribution in [0.2, 0.25) is 0 Å². The number of carbonyl (C=O) groups excluding carboxylic acids is 1. The Morgan fingerprint density at radius 2 is 1.83 bits per heavy atom. The van der Waals surface area contributed by atoms with Gasteiger partial charge in [-0.3, -0.25) is 9.89 Å². The first-order valence-corrected chi connectivity index (χ1v) is 10.6. The molecule has 0 saturated heterocycles. The van der Waals surface area contributed by atoms with Crippen LogP contribution in [0.4, 0.5) is 5.69 Å². The standard InChI is InChI=1S/C24H31N3O3/c1-6-8-9-10-22-21-15-20(11-12-23(21)26-25-22)29-24-16(3)13-19(14-17(24)4)27(7-2)30-18(5)28/h11-15H,6-10H2,1-5H3,(H,25,26). The number of carbonyl (C=O) groups is 1. The second-order valence-electron chi connectivity index (χ2n) is 7.63. The molecule has 0 fully saturated rings. The number of nitrogens with one attached hydrogen (secondary N) is 1. The highest BCUT2D eigenvalue weighted by Crippen LogP contribution is 2.34. The predicted molar refractivity (Wildman–Crippen MR) is 120 cm³/mol. The lowest BCUT2D eigenvalue weighted by Gasteiger charge is -2.23. The van der Waals surface area contributed by atoms with Crippen molar-refractivity contribution in [3.8, 4) is 11.5 Å². The predicted octanol–water partition coefficient (Wildman–Crippen LogP) is 6.01. The highest BCUT2D eigenvalue weighted by molar-refractivity contribution is 5.83. The van der Waals surface area contributed by atoms with Crippen LogP contribution in [0.25, 0.3) is 10.9 Å². The number of rotatable bonds is 9. The minimum absolute atomic E-state index is 0.337. The molecule has 6 nitrogen and oxygen atoms in total. The summed E-state index contributed by atoms with van der Waals surface area (Å²) in [4.78, 5) is 16.7. The molecule has 0 unspecified atom stereocenters. The Hall–Kier alpha value is -3.02. The summed E-state index contributed by atoms with van der Waals surface area (Å²) < 4.78 is 6.28. The van der Waals surface area contributed by atoms with E-state index in [1.54, 1.807) is 5.06 Å². The smallest absolute Gasteiger partial charge is 0.329 e. The van der Waals surface area contributed by atoms with Crippen LogP contribution in [-0.2, 0) is 16.1 Å². The summed E-state index contributed by atoms with van der Waals surface area (Å²) in [5.74, 6) is 1.26. The summed E-state index contributed by atoms with van der Waals surface area (Å²) in [6.45, 7) is 10.1. The molecule has 30 heavy (non-hydrogen) atoms. The van der Waals surface area contributed by atoms with Crippen LogP contribution in [-0.4, -0.2) is 22.7 Å². The molecule has 0 amide bonds. The molecule has 3 rings (SSSR count). The summed E-state index contributed by atoms with van der Waals surface area (Å²) in [6.07, 6.45) is 4.55. The Kier molecular flexibility index (Phi) is 6.98. The molecule has 1 aromatic heterocycles. The number of unbranched alkanes of at least 4 members (excludes halogenated alkanes) is 2. The minimum atomic E-state index is -0.337. The third-order valence-corrected chi connectivity index (χ3v) is 5.11. The van der Waals surface area contributed by atoms with Gasteiger partial charge in [-0.1, -0.05) is 19.8 Å². The maximum absolute atomic E-state index is 11.4. The lowest BCUT2D eigenvalue weighted by atomic mass is 10.1. The van der Waals surface area contributed by atoms with Gasteiger partial charge in [0.15, 0.2) is 0 Å². The zero-order valence-electron chi connectivity index (χ0n) is 18.5. The van der Waals surface area contributed by atoms with E-state index in [2.05, 4.69) is 23.2 Å². The average molecular weight is 410 g/mol. The number of ether oxygens (including phenoxy) is 1. The maximum atomic E-state index is 11.4. The van der Waals surface area contributed by atoms with Gasteiger partial charge >= 0.3 is 5.97 Å². The van der Waals surface area contributed by atoms with Crippen LogP contribution >= 0.6 is 0 Å². The minimum Gasteiger partial charge on any atom is -0.457 e. The van der Waals surface area contributed by atoms with Gasteiger partial charge in [0.25, 0.3) is 0 Å². The largest absolute Gasteiger partial charge is 0.457 e. The number of hydrogen-bond donors (Lipinski definition) is 1. The molecule has 1 heterocycles. The van der Waals surface area contributed by atoms with Crippen molar-refractivity contribution >= 4 is 22.6 Å². The monoisotopic (exact) mass is 409 g/mol. The zero-order valence-corrected chi connectivity index (χ0v) is 18.5. The van der Waals surface area contributed by atoms with Crippen molar-refractivity contribution in [1.82, 2.24) is 10.2 Å². The summed E-state index contributed by atoms with van der Waals surface area (Å²) in [7, 11) is 0. The quantitative estimate of drug-likeness (QED) is 0.346. The van der Waals surface area contributed by atoms with Gasteiger partial charge in [-0.05, 0) is 75.1 Å². The highest BCUT2D eigenvalue weighted by atomic mass is 16.7. The van der Waals surface area contributed by atoms with E-state index in [-0.39, 0.29) is 5.97 Å². The summed E-state index contributed by atoms with van der Waals surface area (Å²) >= 11 is 0. The van der Waals surface area contributed by atoms with Crippen molar-refractivity contribution in [2.24, 2.45) is 0 Å². The topological polar surface area (TPSA) is 67.4 Å². The summed E-state index contributed by atoms with van der Waals surface area (Å²) in [6, 6.07) is 9.94. The molecule has 3 aromatic rings. The van der Waals surface area contributed by atoms with Crippen molar-refractivity contribution in [1.29, 1.82) is 0 Å². The van der Waals surface area contributed by atoms with Crippen LogP contribution in [0.3, 0.4) is 0 Å². The van der Waals surface area contributed by atoms with Crippen LogP contribution in [0, 0.1) is 13.8 Å².